The molecule has 106 valence electrons. The molecule has 0 unspecified atom stereocenters. The maximum atomic E-state index is 6.28. The summed E-state index contributed by atoms with van der Waals surface area (Å²) in [7, 11) is 1.80. The number of aromatic nitrogens is 2. The number of hydrogen-bond donors (Lipinski definition) is 1. The lowest BCUT2D eigenvalue weighted by atomic mass is 10.2. The Morgan fingerprint density at radius 3 is 2.65 bits per heavy atom. The molecule has 0 aliphatic carbocycles. The summed E-state index contributed by atoms with van der Waals surface area (Å²) in [6, 6.07) is 10.2. The Balaban J connectivity index is 2.40. The van der Waals surface area contributed by atoms with Crippen LogP contribution in [0.1, 0.15) is 19.8 Å². The second-order valence-electron chi connectivity index (χ2n) is 4.46. The average Bonchev–Trinajstić information content (AvgIpc) is 2.50. The van der Waals surface area contributed by atoms with Crippen molar-refractivity contribution in [3.63, 3.8) is 0 Å². The maximum Gasteiger partial charge on any atom is 0.224 e. The molecule has 5 heteroatoms. The number of unbranched alkanes of at least 4 members (excludes halogenated alkanes) is 1. The number of hydrogen-bond acceptors (Lipinski definition) is 4. The third kappa shape index (κ3) is 3.39. The lowest BCUT2D eigenvalue weighted by Gasteiger charge is -2.24. The van der Waals surface area contributed by atoms with E-state index in [9.17, 15) is 0 Å². The van der Waals surface area contributed by atoms with Crippen LogP contribution in [0.4, 0.5) is 17.5 Å². The molecule has 0 radical (unpaired) electrons. The first-order valence-electron chi connectivity index (χ1n) is 6.79. The van der Waals surface area contributed by atoms with E-state index in [0.717, 1.165) is 30.9 Å². The van der Waals surface area contributed by atoms with Crippen LogP contribution in [0.5, 0.6) is 0 Å². The number of nitrogens with zero attached hydrogens (tertiary/aromatic N) is 3. The highest BCUT2D eigenvalue weighted by molar-refractivity contribution is 6.33. The summed E-state index contributed by atoms with van der Waals surface area (Å²) in [6.07, 6.45) is 3.83. The van der Waals surface area contributed by atoms with Crippen LogP contribution in [0.15, 0.2) is 36.5 Å². The molecule has 4 nitrogen and oxygen atoms in total. The van der Waals surface area contributed by atoms with Gasteiger partial charge in [0.25, 0.3) is 0 Å². The van der Waals surface area contributed by atoms with Crippen LogP contribution in [0.25, 0.3) is 0 Å². The van der Waals surface area contributed by atoms with Crippen molar-refractivity contribution in [2.24, 2.45) is 0 Å². The zero-order valence-corrected chi connectivity index (χ0v) is 12.6. The first kappa shape index (κ1) is 14.6. The average molecular weight is 291 g/mol. The van der Waals surface area contributed by atoms with Crippen molar-refractivity contribution < 1.29 is 0 Å². The van der Waals surface area contributed by atoms with Crippen molar-refractivity contribution >= 4 is 29.1 Å². The third-order valence-electron chi connectivity index (χ3n) is 3.01. The number of anilines is 3. The third-order valence-corrected chi connectivity index (χ3v) is 3.27. The molecule has 0 spiro atoms. The van der Waals surface area contributed by atoms with E-state index in [2.05, 4.69) is 39.2 Å². The fourth-order valence-corrected chi connectivity index (χ4v) is 2.14. The molecule has 0 atom stereocenters. The molecule has 2 aromatic rings. The van der Waals surface area contributed by atoms with Gasteiger partial charge in [-0.25, -0.2) is 4.98 Å². The molecule has 20 heavy (non-hydrogen) atoms. The van der Waals surface area contributed by atoms with Gasteiger partial charge in [0.1, 0.15) is 5.02 Å². The fourth-order valence-electron chi connectivity index (χ4n) is 1.95. The second kappa shape index (κ2) is 7.10. The number of benzene rings is 1. The van der Waals surface area contributed by atoms with Crippen LogP contribution < -0.4 is 10.2 Å². The molecule has 0 fully saturated rings. The minimum absolute atomic E-state index is 0.559. The first-order valence-corrected chi connectivity index (χ1v) is 7.17. The zero-order chi connectivity index (χ0) is 14.4. The quantitative estimate of drug-likeness (QED) is 0.869. The van der Waals surface area contributed by atoms with Crippen molar-refractivity contribution in [2.45, 2.75) is 19.8 Å². The predicted molar refractivity (Wildman–Crippen MR) is 84.9 cm³/mol. The van der Waals surface area contributed by atoms with Gasteiger partial charge in [0.05, 0.1) is 6.20 Å². The molecular weight excluding hydrogens is 272 g/mol. The molecule has 0 saturated carbocycles. The lowest BCUT2D eigenvalue weighted by molar-refractivity contribution is 0.779. The Labute approximate surface area is 124 Å². The van der Waals surface area contributed by atoms with Crippen LogP contribution >= 0.6 is 11.6 Å². The molecule has 0 bridgehead atoms. The summed E-state index contributed by atoms with van der Waals surface area (Å²) in [5, 5.41) is 3.51. The molecule has 1 heterocycles. The van der Waals surface area contributed by atoms with E-state index in [-0.39, 0.29) is 0 Å². The molecule has 1 N–H and O–H groups in total. The Morgan fingerprint density at radius 1 is 1.25 bits per heavy atom. The Bertz CT molecular complexity index is 545. The lowest BCUT2D eigenvalue weighted by Crippen LogP contribution is -2.20. The number of rotatable bonds is 6. The van der Waals surface area contributed by atoms with Crippen LogP contribution in [0, 0.1) is 0 Å². The van der Waals surface area contributed by atoms with E-state index in [1.54, 1.807) is 13.2 Å². The van der Waals surface area contributed by atoms with Gasteiger partial charge in [0.2, 0.25) is 5.95 Å². The first-order chi connectivity index (χ1) is 9.76. The summed E-state index contributed by atoms with van der Waals surface area (Å²) in [5.41, 5.74) is 1.09. The van der Waals surface area contributed by atoms with Crippen molar-refractivity contribution in [1.29, 1.82) is 0 Å². The summed E-state index contributed by atoms with van der Waals surface area (Å²) >= 11 is 6.28. The molecule has 1 aromatic carbocycles. The predicted octanol–water partition coefficient (Wildman–Crippen LogP) is 4.11. The van der Waals surface area contributed by atoms with Gasteiger partial charge in [-0.15, -0.1) is 0 Å². The topological polar surface area (TPSA) is 41.1 Å². The van der Waals surface area contributed by atoms with Gasteiger partial charge >= 0.3 is 0 Å². The maximum absolute atomic E-state index is 6.28. The molecule has 0 aliphatic heterocycles. The highest BCUT2D eigenvalue weighted by atomic mass is 35.5. The van der Waals surface area contributed by atoms with E-state index < -0.39 is 0 Å². The second-order valence-corrected chi connectivity index (χ2v) is 4.86. The SMILES string of the molecule is CCCCN(c1ccccc1)c1nc(NC)ncc1Cl. The minimum Gasteiger partial charge on any atom is -0.357 e. The van der Waals surface area contributed by atoms with Crippen LogP contribution in [-0.2, 0) is 0 Å². The van der Waals surface area contributed by atoms with Gasteiger partial charge in [0, 0.05) is 19.3 Å². The minimum atomic E-state index is 0.559. The summed E-state index contributed by atoms with van der Waals surface area (Å²) in [6.45, 7) is 3.05. The molecular formula is C15H19ClN4. The van der Waals surface area contributed by atoms with E-state index >= 15 is 0 Å². The van der Waals surface area contributed by atoms with Crippen LogP contribution in [0.3, 0.4) is 0 Å². The monoisotopic (exact) mass is 290 g/mol. The highest BCUT2D eigenvalue weighted by Gasteiger charge is 2.15. The normalized spacial score (nSPS) is 10.3. The Kier molecular flexibility index (Phi) is 5.18. The van der Waals surface area contributed by atoms with Gasteiger partial charge < -0.3 is 10.2 Å². The fraction of sp³-hybridized carbons (Fsp3) is 0.333. The van der Waals surface area contributed by atoms with Crippen molar-refractivity contribution in [3.05, 3.63) is 41.6 Å². The standard InChI is InChI=1S/C15H19ClN4/c1-3-4-10-20(12-8-6-5-7-9-12)14-13(16)11-18-15(17-2)19-14/h5-9,11H,3-4,10H2,1-2H3,(H,17,18,19). The summed E-state index contributed by atoms with van der Waals surface area (Å²) in [4.78, 5) is 10.8. The molecule has 2 rings (SSSR count). The van der Waals surface area contributed by atoms with Gasteiger partial charge in [-0.3, -0.25) is 0 Å². The zero-order valence-electron chi connectivity index (χ0n) is 11.8. The molecule has 0 saturated heterocycles. The van der Waals surface area contributed by atoms with Crippen molar-refractivity contribution in [3.8, 4) is 0 Å². The van der Waals surface area contributed by atoms with E-state index in [0.29, 0.717) is 11.0 Å². The molecule has 0 aliphatic rings. The largest absolute Gasteiger partial charge is 0.357 e. The smallest absolute Gasteiger partial charge is 0.224 e. The van der Waals surface area contributed by atoms with Gasteiger partial charge in [-0.2, -0.15) is 4.98 Å². The van der Waals surface area contributed by atoms with E-state index in [4.69, 9.17) is 11.6 Å². The molecule has 1 aromatic heterocycles. The van der Waals surface area contributed by atoms with Crippen molar-refractivity contribution in [2.75, 3.05) is 23.8 Å². The number of nitrogens with one attached hydrogen (secondary N) is 1. The highest BCUT2D eigenvalue weighted by Crippen LogP contribution is 2.30. The van der Waals surface area contributed by atoms with Crippen LogP contribution in [-0.4, -0.2) is 23.6 Å². The van der Waals surface area contributed by atoms with Gasteiger partial charge in [-0.05, 0) is 18.6 Å². The number of para-hydroxylation sites is 1. The summed E-state index contributed by atoms with van der Waals surface area (Å²) in [5.74, 6) is 1.31. The van der Waals surface area contributed by atoms with Crippen LogP contribution in [0.2, 0.25) is 5.02 Å². The molecule has 0 amide bonds. The van der Waals surface area contributed by atoms with E-state index in [1.807, 2.05) is 18.2 Å². The van der Waals surface area contributed by atoms with Crippen molar-refractivity contribution in [1.82, 2.24) is 9.97 Å². The Morgan fingerprint density at radius 2 is 2.00 bits per heavy atom. The van der Waals surface area contributed by atoms with Gasteiger partial charge in [-0.1, -0.05) is 43.1 Å². The van der Waals surface area contributed by atoms with E-state index in [1.165, 1.54) is 0 Å². The van der Waals surface area contributed by atoms with Gasteiger partial charge in [0.15, 0.2) is 5.82 Å². The number of halogens is 1. The Hall–Kier alpha value is -1.81. The summed E-state index contributed by atoms with van der Waals surface area (Å²) < 4.78 is 0.